The van der Waals surface area contributed by atoms with Crippen LogP contribution in [0.4, 0.5) is 55.6 Å². The lowest BCUT2D eigenvalue weighted by Crippen LogP contribution is -2.16. The summed E-state index contributed by atoms with van der Waals surface area (Å²) in [5.41, 5.74) is 40.7. The summed E-state index contributed by atoms with van der Waals surface area (Å²) in [4.78, 5) is 7.13. The Labute approximate surface area is 805 Å². The van der Waals surface area contributed by atoms with Gasteiger partial charge in [0, 0.05) is 106 Å². The molecule has 0 bridgehead atoms. The number of para-hydroxylation sites is 3. The molecule has 21 aromatic carbocycles. The summed E-state index contributed by atoms with van der Waals surface area (Å²) in [6.07, 6.45) is 0. The van der Waals surface area contributed by atoms with Crippen molar-refractivity contribution in [2.75, 3.05) is 14.7 Å². The van der Waals surface area contributed by atoms with E-state index >= 15 is 0 Å². The number of nitrogens with zero attached hydrogens (tertiary/aromatic N) is 5. The molecule has 23 aromatic rings. The second kappa shape index (κ2) is 34.9. The molecule has 0 radical (unpaired) electrons. The summed E-state index contributed by atoms with van der Waals surface area (Å²) in [5.74, 6) is -0.260. The van der Waals surface area contributed by atoms with Crippen molar-refractivity contribution >= 4 is 94.5 Å². The van der Waals surface area contributed by atoms with Crippen molar-refractivity contribution in [2.45, 2.75) is 38.5 Å². The number of benzene rings is 21. The molecule has 2 heterocycles. The molecule has 138 heavy (non-hydrogen) atoms. The molecular formula is C132H96FN5. The zero-order valence-corrected chi connectivity index (χ0v) is 77.1. The van der Waals surface area contributed by atoms with Crippen LogP contribution in [-0.4, -0.2) is 9.13 Å². The fourth-order valence-electron chi connectivity index (χ4n) is 21.9. The number of fused-ring (bicyclic) bond motifs is 12. The molecule has 0 saturated carbocycles. The van der Waals surface area contributed by atoms with Crippen LogP contribution in [0, 0.1) is 5.82 Å². The minimum absolute atomic E-state index is 0.136. The maximum Gasteiger partial charge on any atom is 0.123 e. The van der Waals surface area contributed by atoms with Gasteiger partial charge in [0.2, 0.25) is 0 Å². The molecule has 0 aliphatic heterocycles. The van der Waals surface area contributed by atoms with E-state index in [-0.39, 0.29) is 16.6 Å². The Morgan fingerprint density at radius 1 is 0.181 bits per heavy atom. The Bertz CT molecular complexity index is 8440. The summed E-state index contributed by atoms with van der Waals surface area (Å²) >= 11 is 0. The van der Waals surface area contributed by atoms with Crippen LogP contribution in [0.15, 0.2) is 510 Å². The van der Waals surface area contributed by atoms with E-state index in [1.807, 2.05) is 12.1 Å². The van der Waals surface area contributed by atoms with Crippen LogP contribution in [0.5, 0.6) is 0 Å². The standard InChI is InChI=1S/C69H51N3.C63H45FN2/c1-69(2)64-35-21-20-33-59(64)60-45-44-57(46-65(60)69)71(56-42-40-55(41-43-56)70(51-26-12-5-13-27-51)52-28-14-6-15-29-52)54-38-36-48(37-39-54)62-47-63-66(49-22-8-3-9-23-49)67(50-24-10-4-11-25-50)72(53-30-16-7-17-31-53)68(63)61-34-19-18-32-58(61)62;1-63(2)58-25-15-14-23-53(58)54-39-38-51(40-59(54)63)65(48-32-26-43(27-33-48)42-16-6-3-7-17-42)49-34-28-44(29-35-49)56-41-57-60(45-18-8-4-9-19-45)61(46-20-10-5-11-21-46)66(50-36-30-47(64)31-37-50)62(57)55-24-13-12-22-52(55)56/h3-47H,1-2H3;3-41H,1-2H3. The Morgan fingerprint density at radius 3 is 0.819 bits per heavy atom. The minimum Gasteiger partial charge on any atom is -0.311 e. The fraction of sp³-hybridized carbons (Fsp3) is 0.0455. The maximum atomic E-state index is 14.6. The first-order valence-electron chi connectivity index (χ1n) is 47.6. The first-order chi connectivity index (χ1) is 67.9. The van der Waals surface area contributed by atoms with Gasteiger partial charge in [-0.1, -0.05) is 380 Å². The molecular weight excluding hydrogens is 1670 g/mol. The van der Waals surface area contributed by atoms with Crippen LogP contribution in [0.3, 0.4) is 0 Å². The van der Waals surface area contributed by atoms with Crippen molar-refractivity contribution in [1.82, 2.24) is 9.13 Å². The van der Waals surface area contributed by atoms with E-state index in [1.54, 1.807) is 12.1 Å². The summed E-state index contributed by atoms with van der Waals surface area (Å²) in [6.45, 7) is 9.41. The quantitative estimate of drug-likeness (QED) is 0.0854. The number of halogens is 1. The van der Waals surface area contributed by atoms with Gasteiger partial charge in [0.1, 0.15) is 5.82 Å². The molecule has 0 atom stereocenters. The molecule has 2 aliphatic rings. The Balaban J connectivity index is 0.000000151. The van der Waals surface area contributed by atoms with Gasteiger partial charge in [-0.2, -0.15) is 0 Å². The van der Waals surface area contributed by atoms with Crippen LogP contribution < -0.4 is 14.7 Å². The summed E-state index contributed by atoms with van der Waals surface area (Å²) < 4.78 is 19.4. The predicted molar refractivity (Wildman–Crippen MR) is 579 cm³/mol. The average molecular weight is 1770 g/mol. The van der Waals surface area contributed by atoms with Crippen molar-refractivity contribution in [3.8, 4) is 112 Å². The highest BCUT2D eigenvalue weighted by atomic mass is 19.1. The van der Waals surface area contributed by atoms with Crippen molar-refractivity contribution in [2.24, 2.45) is 0 Å². The highest BCUT2D eigenvalue weighted by Gasteiger charge is 2.39. The highest BCUT2D eigenvalue weighted by molar-refractivity contribution is 6.22. The molecule has 2 aliphatic carbocycles. The van der Waals surface area contributed by atoms with E-state index in [0.717, 1.165) is 123 Å². The molecule has 0 N–H and O–H groups in total. The molecule has 0 fully saturated rings. The van der Waals surface area contributed by atoms with Crippen LogP contribution in [0.25, 0.3) is 155 Å². The second-order valence-corrected chi connectivity index (χ2v) is 37.1. The zero-order chi connectivity index (χ0) is 92.5. The van der Waals surface area contributed by atoms with Crippen LogP contribution >= 0.6 is 0 Å². The number of aromatic nitrogens is 2. The van der Waals surface area contributed by atoms with Crippen LogP contribution in [-0.2, 0) is 10.8 Å². The smallest absolute Gasteiger partial charge is 0.123 e. The van der Waals surface area contributed by atoms with Gasteiger partial charge >= 0.3 is 0 Å². The van der Waals surface area contributed by atoms with Crippen molar-refractivity contribution in [1.29, 1.82) is 0 Å². The maximum absolute atomic E-state index is 14.6. The Kier molecular flexibility index (Phi) is 21.1. The third-order valence-electron chi connectivity index (χ3n) is 28.4. The molecule has 0 unspecified atom stereocenters. The lowest BCUT2D eigenvalue weighted by Gasteiger charge is -2.29. The normalized spacial score (nSPS) is 12.5. The van der Waals surface area contributed by atoms with Gasteiger partial charge in [0.05, 0.1) is 22.4 Å². The van der Waals surface area contributed by atoms with Crippen LogP contribution in [0.1, 0.15) is 49.9 Å². The fourth-order valence-corrected chi connectivity index (χ4v) is 21.9. The van der Waals surface area contributed by atoms with Crippen LogP contribution in [0.2, 0.25) is 0 Å². The largest absolute Gasteiger partial charge is 0.311 e. The van der Waals surface area contributed by atoms with Crippen molar-refractivity contribution in [3.05, 3.63) is 538 Å². The molecule has 0 spiro atoms. The summed E-state index contributed by atoms with van der Waals surface area (Å²) in [6, 6.07) is 183. The molecule has 5 nitrogen and oxygen atoms in total. The van der Waals surface area contributed by atoms with E-state index in [0.29, 0.717) is 0 Å². The lowest BCUT2D eigenvalue weighted by molar-refractivity contribution is 0.627. The second-order valence-electron chi connectivity index (χ2n) is 37.1. The van der Waals surface area contributed by atoms with Gasteiger partial charge in [-0.15, -0.1) is 0 Å². The average Bonchev–Trinajstić information content (AvgIpc) is 1.55. The topological polar surface area (TPSA) is 19.6 Å². The Hall–Kier alpha value is -17.5. The van der Waals surface area contributed by atoms with E-state index in [9.17, 15) is 4.39 Å². The first kappa shape index (κ1) is 83.6. The SMILES string of the molecule is CC1(C)c2ccccc2-c2ccc(N(c3ccc(-c4cc5c(-c6ccccc6)c(-c6ccccc6)n(-c6ccccc6)c5c5ccccc45)cc3)c3ccc(N(c4ccccc4)c4ccccc4)cc3)cc21.CC1(C)c2ccccc2-c2ccc(N(c3ccc(-c4ccccc4)cc3)c3ccc(-c4cc5c(-c6ccccc6)c(-c6ccccc6)n(-c6ccc(F)cc6)c5c5ccccc45)cc3)cc21. The number of hydrogen-bond acceptors (Lipinski definition) is 3. The third-order valence-corrected chi connectivity index (χ3v) is 28.4. The van der Waals surface area contributed by atoms with Crippen molar-refractivity contribution < 1.29 is 4.39 Å². The van der Waals surface area contributed by atoms with Gasteiger partial charge in [-0.05, 0) is 269 Å². The van der Waals surface area contributed by atoms with Crippen molar-refractivity contribution in [3.63, 3.8) is 0 Å². The minimum atomic E-state index is -0.260. The monoisotopic (exact) mass is 1770 g/mol. The predicted octanol–water partition coefficient (Wildman–Crippen LogP) is 36.4. The van der Waals surface area contributed by atoms with Gasteiger partial charge < -0.3 is 23.8 Å². The van der Waals surface area contributed by atoms with Gasteiger partial charge in [-0.3, -0.25) is 0 Å². The van der Waals surface area contributed by atoms with E-state index in [2.05, 4.69) is 537 Å². The lowest BCUT2D eigenvalue weighted by atomic mass is 9.82. The zero-order valence-electron chi connectivity index (χ0n) is 77.1. The van der Waals surface area contributed by atoms with E-state index in [1.165, 1.54) is 105 Å². The number of hydrogen-bond donors (Lipinski definition) is 0. The molecule has 6 heteroatoms. The van der Waals surface area contributed by atoms with Gasteiger partial charge in [0.15, 0.2) is 0 Å². The molecule has 2 aromatic heterocycles. The Morgan fingerprint density at radius 2 is 0.442 bits per heavy atom. The number of rotatable bonds is 18. The molecule has 656 valence electrons. The first-order valence-corrected chi connectivity index (χ1v) is 47.6. The molecule has 0 saturated heterocycles. The van der Waals surface area contributed by atoms with Gasteiger partial charge in [-0.25, -0.2) is 4.39 Å². The molecule has 25 rings (SSSR count). The summed E-state index contributed by atoms with van der Waals surface area (Å²) in [7, 11) is 0. The highest BCUT2D eigenvalue weighted by Crippen LogP contribution is 2.56. The third kappa shape index (κ3) is 14.6. The number of anilines is 9. The van der Waals surface area contributed by atoms with E-state index < -0.39 is 0 Å². The van der Waals surface area contributed by atoms with E-state index in [4.69, 9.17) is 0 Å². The summed E-state index contributed by atoms with van der Waals surface area (Å²) in [5, 5.41) is 7.03. The molecule has 0 amide bonds. The van der Waals surface area contributed by atoms with Gasteiger partial charge in [0.25, 0.3) is 0 Å².